The van der Waals surface area contributed by atoms with Crippen LogP contribution in [0.25, 0.3) is 17.1 Å². The quantitative estimate of drug-likeness (QED) is 0.537. The molecule has 4 aromatic heterocycles. The Kier molecular flexibility index (Phi) is 4.60. The van der Waals surface area contributed by atoms with Crippen LogP contribution in [-0.2, 0) is 17.8 Å². The van der Waals surface area contributed by atoms with E-state index in [9.17, 15) is 4.79 Å². The molecule has 0 saturated carbocycles. The Morgan fingerprint density at radius 1 is 1.18 bits per heavy atom. The highest BCUT2D eigenvalue weighted by molar-refractivity contribution is 5.76. The van der Waals surface area contributed by atoms with Gasteiger partial charge in [-0.05, 0) is 39.3 Å². The normalized spacial score (nSPS) is 11.2. The van der Waals surface area contributed by atoms with Crippen LogP contribution in [0.15, 0.2) is 27.4 Å². The number of aryl methyl sites for hydroxylation is 3. The number of nitrogens with one attached hydrogen (secondary N) is 1. The Labute approximate surface area is 159 Å². The average Bonchev–Trinajstić information content (AvgIpc) is 3.38. The summed E-state index contributed by atoms with van der Waals surface area (Å²) in [5, 5.41) is 19.0. The Morgan fingerprint density at radius 3 is 2.75 bits per heavy atom. The molecule has 4 aromatic rings. The number of carbonyl (C=O) groups excluding carboxylic acids is 1. The zero-order chi connectivity index (χ0) is 19.7. The van der Waals surface area contributed by atoms with Gasteiger partial charge in [0.1, 0.15) is 5.76 Å². The van der Waals surface area contributed by atoms with E-state index in [4.69, 9.17) is 9.05 Å². The van der Waals surface area contributed by atoms with Crippen LogP contribution in [0, 0.1) is 20.8 Å². The fraction of sp³-hybridized carbons (Fsp3) is 0.333. The van der Waals surface area contributed by atoms with Gasteiger partial charge in [-0.1, -0.05) is 10.3 Å². The smallest absolute Gasteiger partial charge is 0.261 e. The van der Waals surface area contributed by atoms with Crippen molar-refractivity contribution in [1.82, 2.24) is 35.2 Å². The molecule has 10 heteroatoms. The van der Waals surface area contributed by atoms with E-state index >= 15 is 0 Å². The summed E-state index contributed by atoms with van der Waals surface area (Å²) < 4.78 is 12.1. The number of hydrogen-bond acceptors (Lipinski definition) is 8. The molecule has 28 heavy (non-hydrogen) atoms. The third-order valence-corrected chi connectivity index (χ3v) is 4.49. The molecule has 4 rings (SSSR count). The summed E-state index contributed by atoms with van der Waals surface area (Å²) in [5.74, 6) is 2.20. The monoisotopic (exact) mass is 381 g/mol. The summed E-state index contributed by atoms with van der Waals surface area (Å²) in [5.41, 5.74) is 3.07. The number of hydrogen-bond donors (Lipinski definition) is 1. The second kappa shape index (κ2) is 7.22. The van der Waals surface area contributed by atoms with E-state index in [0.717, 1.165) is 17.0 Å². The predicted octanol–water partition coefficient (Wildman–Crippen LogP) is 1.94. The van der Waals surface area contributed by atoms with E-state index in [2.05, 4.69) is 30.8 Å². The van der Waals surface area contributed by atoms with Crippen molar-refractivity contribution in [2.75, 3.05) is 0 Å². The SMILES string of the molecule is Cc1noc(-c2cccn3c(CNC(=O)CCc4c(C)noc4C)nnc23)n1. The zero-order valence-corrected chi connectivity index (χ0v) is 15.8. The van der Waals surface area contributed by atoms with Crippen LogP contribution in [0.1, 0.15) is 35.1 Å². The van der Waals surface area contributed by atoms with Crippen LogP contribution < -0.4 is 5.32 Å². The van der Waals surface area contributed by atoms with E-state index in [1.165, 1.54) is 0 Å². The van der Waals surface area contributed by atoms with Gasteiger partial charge in [-0.2, -0.15) is 4.98 Å². The van der Waals surface area contributed by atoms with Crippen LogP contribution in [0.2, 0.25) is 0 Å². The third kappa shape index (κ3) is 3.36. The minimum atomic E-state index is -0.0829. The third-order valence-electron chi connectivity index (χ3n) is 4.49. The number of fused-ring (bicyclic) bond motifs is 1. The van der Waals surface area contributed by atoms with Crippen molar-refractivity contribution in [2.24, 2.45) is 0 Å². The largest absolute Gasteiger partial charge is 0.361 e. The Bertz CT molecular complexity index is 1120. The van der Waals surface area contributed by atoms with Crippen LogP contribution >= 0.6 is 0 Å². The fourth-order valence-electron chi connectivity index (χ4n) is 3.02. The maximum atomic E-state index is 12.2. The summed E-state index contributed by atoms with van der Waals surface area (Å²) in [6.07, 6.45) is 2.74. The molecule has 0 radical (unpaired) electrons. The molecule has 0 aliphatic heterocycles. The molecule has 144 valence electrons. The second-order valence-corrected chi connectivity index (χ2v) is 6.46. The van der Waals surface area contributed by atoms with Gasteiger partial charge >= 0.3 is 0 Å². The van der Waals surface area contributed by atoms with Gasteiger partial charge in [0.15, 0.2) is 17.3 Å². The minimum absolute atomic E-state index is 0.0829. The van der Waals surface area contributed by atoms with Crippen LogP contribution in [0.5, 0.6) is 0 Å². The molecular weight excluding hydrogens is 362 g/mol. The summed E-state index contributed by atoms with van der Waals surface area (Å²) in [6.45, 7) is 5.72. The van der Waals surface area contributed by atoms with E-state index in [0.29, 0.717) is 41.6 Å². The summed E-state index contributed by atoms with van der Waals surface area (Å²) in [7, 11) is 0. The molecule has 10 nitrogen and oxygen atoms in total. The van der Waals surface area contributed by atoms with Crippen molar-refractivity contribution in [3.05, 3.63) is 47.0 Å². The minimum Gasteiger partial charge on any atom is -0.361 e. The highest BCUT2D eigenvalue weighted by Gasteiger charge is 2.16. The van der Waals surface area contributed by atoms with Crippen molar-refractivity contribution in [1.29, 1.82) is 0 Å². The Morgan fingerprint density at radius 2 is 2.04 bits per heavy atom. The van der Waals surface area contributed by atoms with Gasteiger partial charge in [0.25, 0.3) is 5.89 Å². The number of amides is 1. The molecule has 0 spiro atoms. The molecule has 0 aliphatic carbocycles. The molecule has 0 unspecified atom stereocenters. The number of pyridine rings is 1. The Balaban J connectivity index is 1.45. The van der Waals surface area contributed by atoms with Crippen LogP contribution in [0.3, 0.4) is 0 Å². The van der Waals surface area contributed by atoms with Crippen molar-refractivity contribution < 1.29 is 13.8 Å². The van der Waals surface area contributed by atoms with Gasteiger partial charge in [0.2, 0.25) is 5.91 Å². The molecule has 0 aliphatic rings. The molecule has 4 heterocycles. The maximum Gasteiger partial charge on any atom is 0.261 e. The summed E-state index contributed by atoms with van der Waals surface area (Å²) in [6, 6.07) is 3.68. The van der Waals surface area contributed by atoms with E-state index in [1.807, 2.05) is 32.2 Å². The number of carbonyl (C=O) groups is 1. The van der Waals surface area contributed by atoms with E-state index < -0.39 is 0 Å². The molecule has 0 aromatic carbocycles. The lowest BCUT2D eigenvalue weighted by molar-refractivity contribution is -0.121. The number of aromatic nitrogens is 6. The summed E-state index contributed by atoms with van der Waals surface area (Å²) >= 11 is 0. The molecule has 0 atom stereocenters. The first-order valence-electron chi connectivity index (χ1n) is 8.84. The number of rotatable bonds is 6. The average molecular weight is 381 g/mol. The van der Waals surface area contributed by atoms with Gasteiger partial charge < -0.3 is 14.4 Å². The molecule has 0 saturated heterocycles. The lowest BCUT2D eigenvalue weighted by atomic mass is 10.1. The van der Waals surface area contributed by atoms with E-state index in [-0.39, 0.29) is 12.5 Å². The molecule has 0 fully saturated rings. The maximum absolute atomic E-state index is 12.2. The van der Waals surface area contributed by atoms with Crippen molar-refractivity contribution in [3.63, 3.8) is 0 Å². The molecule has 0 bridgehead atoms. The van der Waals surface area contributed by atoms with Crippen molar-refractivity contribution >= 4 is 11.6 Å². The molecule has 1 N–H and O–H groups in total. The summed E-state index contributed by atoms with van der Waals surface area (Å²) in [4.78, 5) is 16.5. The topological polar surface area (TPSA) is 124 Å². The highest BCUT2D eigenvalue weighted by atomic mass is 16.5. The second-order valence-electron chi connectivity index (χ2n) is 6.46. The molecule has 1 amide bonds. The highest BCUT2D eigenvalue weighted by Crippen LogP contribution is 2.22. The van der Waals surface area contributed by atoms with Crippen molar-refractivity contribution in [3.8, 4) is 11.5 Å². The zero-order valence-electron chi connectivity index (χ0n) is 15.8. The van der Waals surface area contributed by atoms with Gasteiger partial charge in [-0.3, -0.25) is 9.20 Å². The first kappa shape index (κ1) is 17.8. The predicted molar refractivity (Wildman–Crippen MR) is 97.2 cm³/mol. The lowest BCUT2D eigenvalue weighted by Crippen LogP contribution is -2.24. The van der Waals surface area contributed by atoms with Crippen LogP contribution in [-0.4, -0.2) is 35.8 Å². The standard InChI is InChI=1S/C18H19N7O3/c1-10-13(11(2)27-23-10)6-7-16(26)19-9-15-21-22-17-14(5-4-8-25(15)17)18-20-12(3)24-28-18/h4-5,8H,6-7,9H2,1-3H3,(H,19,26). The van der Waals surface area contributed by atoms with Crippen molar-refractivity contribution in [2.45, 2.75) is 40.2 Å². The van der Waals surface area contributed by atoms with Gasteiger partial charge in [-0.25, -0.2) is 0 Å². The van der Waals surface area contributed by atoms with Gasteiger partial charge in [0, 0.05) is 18.2 Å². The van der Waals surface area contributed by atoms with E-state index in [1.54, 1.807) is 11.3 Å². The molecular formula is C18H19N7O3. The van der Waals surface area contributed by atoms with Gasteiger partial charge in [0.05, 0.1) is 17.8 Å². The number of nitrogens with zero attached hydrogens (tertiary/aromatic N) is 6. The van der Waals surface area contributed by atoms with Gasteiger partial charge in [-0.15, -0.1) is 10.2 Å². The first-order chi connectivity index (χ1) is 13.5. The van der Waals surface area contributed by atoms with Crippen LogP contribution in [0.4, 0.5) is 0 Å². The first-order valence-corrected chi connectivity index (χ1v) is 8.84. The lowest BCUT2D eigenvalue weighted by Gasteiger charge is -2.05. The fourth-order valence-corrected chi connectivity index (χ4v) is 3.02. The Hall–Kier alpha value is -3.56.